The third kappa shape index (κ3) is 5.44. The molecule has 4 heteroatoms. The van der Waals surface area contributed by atoms with Crippen LogP contribution in [0, 0.1) is 6.92 Å². The van der Waals surface area contributed by atoms with Gasteiger partial charge in [-0.05, 0) is 37.6 Å². The van der Waals surface area contributed by atoms with Crippen molar-refractivity contribution in [1.29, 1.82) is 0 Å². The van der Waals surface area contributed by atoms with Gasteiger partial charge in [-0.3, -0.25) is 0 Å². The fourth-order valence-electron chi connectivity index (χ4n) is 2.09. The zero-order chi connectivity index (χ0) is 15.9. The van der Waals surface area contributed by atoms with Crippen LogP contribution >= 0.6 is 15.9 Å². The first-order chi connectivity index (χ1) is 10.5. The van der Waals surface area contributed by atoms with Gasteiger partial charge in [-0.15, -0.1) is 0 Å². The summed E-state index contributed by atoms with van der Waals surface area (Å²) in [5.41, 5.74) is 3.47. The topological polar surface area (TPSA) is 41.5 Å². The summed E-state index contributed by atoms with van der Waals surface area (Å²) >= 11 is 3.49. The predicted molar refractivity (Wildman–Crippen MR) is 93.0 cm³/mol. The summed E-state index contributed by atoms with van der Waals surface area (Å²) in [5, 5.41) is 12.5. The van der Waals surface area contributed by atoms with Gasteiger partial charge in [0.25, 0.3) is 0 Å². The highest BCUT2D eigenvalue weighted by Crippen LogP contribution is 2.24. The average Bonchev–Trinajstić information content (AvgIpc) is 2.48. The van der Waals surface area contributed by atoms with Gasteiger partial charge < -0.3 is 15.2 Å². The first-order valence-electron chi connectivity index (χ1n) is 7.40. The van der Waals surface area contributed by atoms with E-state index in [1.807, 2.05) is 18.2 Å². The van der Waals surface area contributed by atoms with Crippen molar-refractivity contribution < 1.29 is 9.84 Å². The van der Waals surface area contributed by atoms with E-state index in [1.165, 1.54) is 5.56 Å². The number of hydrogen-bond donors (Lipinski definition) is 2. The molecule has 0 fully saturated rings. The van der Waals surface area contributed by atoms with Gasteiger partial charge in [-0.25, -0.2) is 0 Å². The SMILES string of the molecule is Cc1ccc(COc2ccc(Br)cc2CNCC(C)O)cc1. The molecular formula is C18H22BrNO2. The minimum atomic E-state index is -0.357. The van der Waals surface area contributed by atoms with E-state index in [4.69, 9.17) is 4.74 Å². The van der Waals surface area contributed by atoms with E-state index in [9.17, 15) is 5.11 Å². The fraction of sp³-hybridized carbons (Fsp3) is 0.333. The van der Waals surface area contributed by atoms with E-state index >= 15 is 0 Å². The lowest BCUT2D eigenvalue weighted by molar-refractivity contribution is 0.190. The van der Waals surface area contributed by atoms with Gasteiger partial charge >= 0.3 is 0 Å². The summed E-state index contributed by atoms with van der Waals surface area (Å²) in [5.74, 6) is 0.863. The van der Waals surface area contributed by atoms with Crippen LogP contribution in [0.5, 0.6) is 5.75 Å². The normalized spacial score (nSPS) is 12.2. The standard InChI is InChI=1S/C18H22BrNO2/c1-13-3-5-15(6-4-13)12-22-18-8-7-17(19)9-16(18)11-20-10-14(2)21/h3-9,14,20-21H,10-12H2,1-2H3. The van der Waals surface area contributed by atoms with E-state index in [2.05, 4.69) is 52.4 Å². The van der Waals surface area contributed by atoms with Crippen LogP contribution in [0.25, 0.3) is 0 Å². The molecule has 1 unspecified atom stereocenters. The summed E-state index contributed by atoms with van der Waals surface area (Å²) in [7, 11) is 0. The molecule has 0 aliphatic heterocycles. The Bertz CT molecular complexity index is 597. The van der Waals surface area contributed by atoms with Crippen LogP contribution in [-0.2, 0) is 13.2 Å². The molecule has 0 heterocycles. The van der Waals surface area contributed by atoms with Crippen molar-refractivity contribution in [2.24, 2.45) is 0 Å². The molecule has 0 saturated carbocycles. The largest absolute Gasteiger partial charge is 0.489 e. The van der Waals surface area contributed by atoms with E-state index < -0.39 is 0 Å². The molecule has 2 rings (SSSR count). The van der Waals surface area contributed by atoms with Crippen LogP contribution in [0.15, 0.2) is 46.9 Å². The van der Waals surface area contributed by atoms with Crippen LogP contribution in [0.1, 0.15) is 23.6 Å². The number of aliphatic hydroxyl groups excluding tert-OH is 1. The number of halogens is 1. The number of nitrogens with one attached hydrogen (secondary N) is 1. The van der Waals surface area contributed by atoms with Crippen molar-refractivity contribution in [1.82, 2.24) is 5.32 Å². The second kappa shape index (κ2) is 8.32. The summed E-state index contributed by atoms with van der Waals surface area (Å²) in [4.78, 5) is 0. The van der Waals surface area contributed by atoms with Crippen molar-refractivity contribution >= 4 is 15.9 Å². The molecule has 2 aromatic rings. The predicted octanol–water partition coefficient (Wildman–Crippen LogP) is 3.81. The highest BCUT2D eigenvalue weighted by molar-refractivity contribution is 9.10. The minimum absolute atomic E-state index is 0.357. The number of ether oxygens (including phenoxy) is 1. The van der Waals surface area contributed by atoms with Crippen molar-refractivity contribution in [3.05, 3.63) is 63.6 Å². The van der Waals surface area contributed by atoms with Crippen LogP contribution in [0.2, 0.25) is 0 Å². The first-order valence-corrected chi connectivity index (χ1v) is 8.19. The number of hydrogen-bond acceptors (Lipinski definition) is 3. The Hall–Kier alpha value is -1.36. The molecule has 1 atom stereocenters. The smallest absolute Gasteiger partial charge is 0.124 e. The molecular weight excluding hydrogens is 342 g/mol. The molecule has 0 aliphatic carbocycles. The minimum Gasteiger partial charge on any atom is -0.489 e. The number of aliphatic hydroxyl groups is 1. The molecule has 22 heavy (non-hydrogen) atoms. The lowest BCUT2D eigenvalue weighted by atomic mass is 10.1. The van der Waals surface area contributed by atoms with Gasteiger partial charge in [-0.1, -0.05) is 45.8 Å². The Morgan fingerprint density at radius 1 is 1.18 bits per heavy atom. The number of aryl methyl sites for hydroxylation is 1. The Morgan fingerprint density at radius 3 is 2.59 bits per heavy atom. The Morgan fingerprint density at radius 2 is 1.91 bits per heavy atom. The van der Waals surface area contributed by atoms with E-state index in [0.29, 0.717) is 19.7 Å². The maximum Gasteiger partial charge on any atom is 0.124 e. The van der Waals surface area contributed by atoms with Crippen LogP contribution in [0.4, 0.5) is 0 Å². The van der Waals surface area contributed by atoms with Crippen LogP contribution < -0.4 is 10.1 Å². The molecule has 0 amide bonds. The zero-order valence-corrected chi connectivity index (χ0v) is 14.6. The molecule has 118 valence electrons. The van der Waals surface area contributed by atoms with Gasteiger partial charge in [0.2, 0.25) is 0 Å². The fourth-order valence-corrected chi connectivity index (χ4v) is 2.50. The average molecular weight is 364 g/mol. The molecule has 0 bridgehead atoms. The summed E-state index contributed by atoms with van der Waals surface area (Å²) in [6.45, 7) is 5.61. The Labute approximate surface area is 140 Å². The Balaban J connectivity index is 2.01. The van der Waals surface area contributed by atoms with Crippen molar-refractivity contribution in [2.75, 3.05) is 6.54 Å². The molecule has 2 N–H and O–H groups in total. The molecule has 2 aromatic carbocycles. The second-order valence-corrected chi connectivity index (χ2v) is 6.42. The van der Waals surface area contributed by atoms with Crippen LogP contribution in [-0.4, -0.2) is 17.8 Å². The third-order valence-electron chi connectivity index (χ3n) is 3.29. The van der Waals surface area contributed by atoms with Crippen molar-refractivity contribution in [3.63, 3.8) is 0 Å². The molecule has 0 aliphatic rings. The molecule has 3 nitrogen and oxygen atoms in total. The number of rotatable bonds is 7. The lowest BCUT2D eigenvalue weighted by Gasteiger charge is -2.14. The maximum atomic E-state index is 9.33. The van der Waals surface area contributed by atoms with Crippen LogP contribution in [0.3, 0.4) is 0 Å². The quantitative estimate of drug-likeness (QED) is 0.785. The Kier molecular flexibility index (Phi) is 6.43. The first kappa shape index (κ1) is 17.0. The maximum absolute atomic E-state index is 9.33. The lowest BCUT2D eigenvalue weighted by Crippen LogP contribution is -2.24. The van der Waals surface area contributed by atoms with Gasteiger partial charge in [0.15, 0.2) is 0 Å². The van der Waals surface area contributed by atoms with Crippen molar-refractivity contribution in [3.8, 4) is 5.75 Å². The summed E-state index contributed by atoms with van der Waals surface area (Å²) < 4.78 is 6.97. The highest BCUT2D eigenvalue weighted by atomic mass is 79.9. The van der Waals surface area contributed by atoms with Gasteiger partial charge in [0.05, 0.1) is 6.10 Å². The van der Waals surface area contributed by atoms with Gasteiger partial charge in [-0.2, -0.15) is 0 Å². The second-order valence-electron chi connectivity index (χ2n) is 5.51. The van der Waals surface area contributed by atoms with Crippen molar-refractivity contribution in [2.45, 2.75) is 33.1 Å². The van der Waals surface area contributed by atoms with Gasteiger partial charge in [0.1, 0.15) is 12.4 Å². The zero-order valence-electron chi connectivity index (χ0n) is 13.0. The van der Waals surface area contributed by atoms with E-state index in [1.54, 1.807) is 6.92 Å². The molecule has 0 aromatic heterocycles. The third-order valence-corrected chi connectivity index (χ3v) is 3.79. The highest BCUT2D eigenvalue weighted by Gasteiger charge is 2.06. The van der Waals surface area contributed by atoms with E-state index in [-0.39, 0.29) is 6.10 Å². The summed E-state index contributed by atoms with van der Waals surface area (Å²) in [6.07, 6.45) is -0.357. The monoisotopic (exact) mass is 363 g/mol. The molecule has 0 spiro atoms. The molecule has 0 radical (unpaired) electrons. The van der Waals surface area contributed by atoms with Gasteiger partial charge in [0, 0.05) is 23.1 Å². The summed E-state index contributed by atoms with van der Waals surface area (Å²) in [6, 6.07) is 14.3. The number of benzene rings is 2. The molecule has 0 saturated heterocycles. The van der Waals surface area contributed by atoms with E-state index in [0.717, 1.165) is 21.3 Å².